The lowest BCUT2D eigenvalue weighted by atomic mass is 9.52. The van der Waals surface area contributed by atoms with Crippen molar-refractivity contribution in [1.29, 1.82) is 0 Å². The summed E-state index contributed by atoms with van der Waals surface area (Å²) in [6.07, 6.45) is 1.59. The van der Waals surface area contributed by atoms with E-state index in [0.717, 1.165) is 6.42 Å². The minimum absolute atomic E-state index is 0.144. The minimum atomic E-state index is -1.07. The fourth-order valence-corrected chi connectivity index (χ4v) is 4.64. The predicted molar refractivity (Wildman–Crippen MR) is 87.6 cm³/mol. The van der Waals surface area contributed by atoms with Crippen molar-refractivity contribution < 1.29 is 14.3 Å². The summed E-state index contributed by atoms with van der Waals surface area (Å²) in [5.74, 6) is -0.688. The molecule has 0 aromatic rings. The van der Waals surface area contributed by atoms with Gasteiger partial charge in [0, 0.05) is 6.10 Å². The largest absolute Gasteiger partial charge is 0.481 e. The molecule has 3 nitrogen and oxygen atoms in total. The minimum Gasteiger partial charge on any atom is -0.481 e. The Labute approximate surface area is 126 Å². The zero-order valence-electron chi connectivity index (χ0n) is 14.8. The summed E-state index contributed by atoms with van der Waals surface area (Å²) in [5.41, 5.74) is -1.35. The van der Waals surface area contributed by atoms with E-state index in [0.29, 0.717) is 6.42 Å². The van der Waals surface area contributed by atoms with E-state index >= 15 is 0 Å². The molecule has 0 rings (SSSR count). The first-order valence-corrected chi connectivity index (χ1v) is 10.4. The van der Waals surface area contributed by atoms with Gasteiger partial charge >= 0.3 is 5.97 Å². The van der Waals surface area contributed by atoms with Crippen molar-refractivity contribution >= 4 is 15.0 Å². The van der Waals surface area contributed by atoms with E-state index < -0.39 is 20.4 Å². The quantitative estimate of drug-likeness (QED) is 0.743. The Morgan fingerprint density at radius 2 is 1.50 bits per heavy atom. The number of carboxylic acids is 1. The smallest absolute Gasteiger partial charge is 0.310 e. The molecule has 0 bridgehead atoms. The fraction of sp³-hybridized carbons (Fsp3) is 0.938. The number of hydrogen-bond acceptors (Lipinski definition) is 2. The normalized spacial score (nSPS) is 15.5. The van der Waals surface area contributed by atoms with Gasteiger partial charge in [-0.25, -0.2) is 0 Å². The van der Waals surface area contributed by atoms with Crippen molar-refractivity contribution in [2.24, 2.45) is 16.2 Å². The first-order valence-electron chi connectivity index (χ1n) is 7.64. The molecule has 0 saturated heterocycles. The third-order valence-corrected chi connectivity index (χ3v) is 5.37. The first kappa shape index (κ1) is 19.6. The van der Waals surface area contributed by atoms with Crippen LogP contribution >= 0.6 is 0 Å². The Morgan fingerprint density at radius 1 is 1.10 bits per heavy atom. The molecule has 0 unspecified atom stereocenters. The molecule has 1 N–H and O–H groups in total. The number of rotatable bonds is 6. The van der Waals surface area contributed by atoms with Crippen molar-refractivity contribution in [2.45, 2.75) is 80.5 Å². The summed E-state index contributed by atoms with van der Waals surface area (Å²) in [7, 11) is -1.07. The zero-order chi connectivity index (χ0) is 16.4. The van der Waals surface area contributed by atoms with Crippen molar-refractivity contribution in [3.8, 4) is 0 Å². The molecule has 0 aromatic carbocycles. The Hall–Kier alpha value is -0.353. The average molecular weight is 303 g/mol. The third-order valence-electron chi connectivity index (χ3n) is 4.36. The number of aliphatic carboxylic acids is 1. The van der Waals surface area contributed by atoms with Gasteiger partial charge in [0.05, 0.1) is 5.41 Å². The highest BCUT2D eigenvalue weighted by atomic mass is 28.3. The van der Waals surface area contributed by atoms with E-state index in [2.05, 4.69) is 20.0 Å². The summed E-state index contributed by atoms with van der Waals surface area (Å²) < 4.78 is 5.90. The van der Waals surface area contributed by atoms with E-state index in [4.69, 9.17) is 4.43 Å². The van der Waals surface area contributed by atoms with E-state index in [1.165, 1.54) is 0 Å². The van der Waals surface area contributed by atoms with Gasteiger partial charge < -0.3 is 9.53 Å². The molecule has 0 amide bonds. The highest BCUT2D eigenvalue weighted by molar-refractivity contribution is 6.48. The topological polar surface area (TPSA) is 46.5 Å². The lowest BCUT2D eigenvalue weighted by molar-refractivity contribution is -0.170. The lowest BCUT2D eigenvalue weighted by Crippen LogP contribution is -2.52. The number of hydrogen-bond donors (Lipinski definition) is 1. The molecular weight excluding hydrogens is 268 g/mol. The molecule has 0 heterocycles. The van der Waals surface area contributed by atoms with Gasteiger partial charge in [-0.05, 0) is 43.7 Å². The summed E-state index contributed by atoms with van der Waals surface area (Å²) in [4.78, 5) is 12.1. The molecule has 0 fully saturated rings. The van der Waals surface area contributed by atoms with Gasteiger partial charge in [0.1, 0.15) is 0 Å². The molecule has 0 aromatic heterocycles. The van der Waals surface area contributed by atoms with Crippen LogP contribution in [0, 0.1) is 16.2 Å². The molecular formula is C16H34O3Si. The molecule has 20 heavy (non-hydrogen) atoms. The Balaban J connectivity index is 5.31. The standard InChI is InChI=1S/C16H34O3Si/c1-12(19-20(8)9)10-11-16(13(17)18,14(2,3)4)15(5,6)7/h12,20H,10-11H2,1-9H3,(H,17,18)/t12-/m0/s1. The van der Waals surface area contributed by atoms with Gasteiger partial charge in [0.15, 0.2) is 9.04 Å². The van der Waals surface area contributed by atoms with Crippen LogP contribution in [-0.4, -0.2) is 26.2 Å². The van der Waals surface area contributed by atoms with Crippen LogP contribution in [0.2, 0.25) is 13.1 Å². The predicted octanol–water partition coefficient (Wildman–Crippen LogP) is 4.32. The van der Waals surface area contributed by atoms with Crippen LogP contribution < -0.4 is 0 Å². The molecule has 0 saturated carbocycles. The summed E-state index contributed by atoms with van der Waals surface area (Å²) in [6, 6.07) is 0. The van der Waals surface area contributed by atoms with E-state index in [9.17, 15) is 9.90 Å². The van der Waals surface area contributed by atoms with Gasteiger partial charge in [-0.15, -0.1) is 0 Å². The van der Waals surface area contributed by atoms with Gasteiger partial charge in [-0.1, -0.05) is 41.5 Å². The summed E-state index contributed by atoms with van der Waals surface area (Å²) >= 11 is 0. The lowest BCUT2D eigenvalue weighted by Gasteiger charge is -2.50. The monoisotopic (exact) mass is 302 g/mol. The summed E-state index contributed by atoms with van der Waals surface area (Å²) in [6.45, 7) is 18.6. The van der Waals surface area contributed by atoms with E-state index in [-0.39, 0.29) is 16.9 Å². The Bertz CT molecular complexity index is 310. The number of carboxylic acid groups (broad SMARTS) is 1. The van der Waals surface area contributed by atoms with Crippen LogP contribution in [0.4, 0.5) is 0 Å². The van der Waals surface area contributed by atoms with Crippen molar-refractivity contribution in [3.05, 3.63) is 0 Å². The van der Waals surface area contributed by atoms with Gasteiger partial charge in [-0.3, -0.25) is 4.79 Å². The molecule has 0 aliphatic heterocycles. The first-order chi connectivity index (χ1) is 8.75. The second kappa shape index (κ2) is 6.61. The van der Waals surface area contributed by atoms with E-state index in [1.807, 2.05) is 41.5 Å². The van der Waals surface area contributed by atoms with Gasteiger partial charge in [0.25, 0.3) is 0 Å². The summed E-state index contributed by atoms with van der Waals surface area (Å²) in [5, 5.41) is 9.96. The SMILES string of the molecule is C[C@@H](CCC(C(=O)O)(C(C)(C)C)C(C)(C)C)O[SiH](C)C. The van der Waals surface area contributed by atoms with Gasteiger partial charge in [0.2, 0.25) is 0 Å². The van der Waals surface area contributed by atoms with Crippen LogP contribution in [0.5, 0.6) is 0 Å². The van der Waals surface area contributed by atoms with Gasteiger partial charge in [-0.2, -0.15) is 0 Å². The molecule has 120 valence electrons. The second-order valence-electron chi connectivity index (χ2n) is 8.24. The second-order valence-corrected chi connectivity index (χ2v) is 10.6. The average Bonchev–Trinajstić information content (AvgIpc) is 2.11. The highest BCUT2D eigenvalue weighted by Crippen LogP contribution is 2.55. The van der Waals surface area contributed by atoms with Crippen LogP contribution in [0.1, 0.15) is 61.3 Å². The molecule has 0 radical (unpaired) electrons. The van der Waals surface area contributed by atoms with Crippen LogP contribution in [0.3, 0.4) is 0 Å². The van der Waals surface area contributed by atoms with Crippen molar-refractivity contribution in [1.82, 2.24) is 0 Å². The molecule has 0 aliphatic carbocycles. The van der Waals surface area contributed by atoms with Crippen LogP contribution in [0.15, 0.2) is 0 Å². The molecule has 4 heteroatoms. The maximum Gasteiger partial charge on any atom is 0.310 e. The fourth-order valence-electron chi connectivity index (χ4n) is 3.58. The van der Waals surface area contributed by atoms with Crippen LogP contribution in [-0.2, 0) is 9.22 Å². The Morgan fingerprint density at radius 3 is 1.75 bits per heavy atom. The maximum atomic E-state index is 12.1. The third kappa shape index (κ3) is 4.32. The maximum absolute atomic E-state index is 12.1. The highest BCUT2D eigenvalue weighted by Gasteiger charge is 2.56. The molecule has 1 atom stereocenters. The van der Waals surface area contributed by atoms with Crippen molar-refractivity contribution in [3.63, 3.8) is 0 Å². The van der Waals surface area contributed by atoms with Crippen LogP contribution in [0.25, 0.3) is 0 Å². The Kier molecular flexibility index (Phi) is 6.49. The molecule has 0 spiro atoms. The van der Waals surface area contributed by atoms with Crippen molar-refractivity contribution in [2.75, 3.05) is 0 Å². The zero-order valence-corrected chi connectivity index (χ0v) is 16.0. The van der Waals surface area contributed by atoms with E-state index in [1.54, 1.807) is 0 Å². The molecule has 0 aliphatic rings. The number of carbonyl (C=O) groups is 1.